The normalized spacial score (nSPS) is 10.6. The van der Waals surface area contributed by atoms with Crippen LogP contribution >= 0.6 is 0 Å². The first kappa shape index (κ1) is 14.4. The number of carbonyl (C=O) groups is 1. The van der Waals surface area contributed by atoms with Gasteiger partial charge in [0.05, 0.1) is 6.21 Å². The molecule has 21 heavy (non-hydrogen) atoms. The Bertz CT molecular complexity index is 672. The van der Waals surface area contributed by atoms with Crippen molar-refractivity contribution in [2.45, 2.75) is 0 Å². The van der Waals surface area contributed by atoms with Gasteiger partial charge in [-0.1, -0.05) is 0 Å². The number of nitrogens with zero attached hydrogens (tertiary/aromatic N) is 1. The van der Waals surface area contributed by atoms with Crippen molar-refractivity contribution >= 4 is 12.2 Å². The smallest absolute Gasteiger partial charge is 0.332 e. The summed E-state index contributed by atoms with van der Waals surface area (Å²) in [7, 11) is 0. The summed E-state index contributed by atoms with van der Waals surface area (Å²) in [5, 5.41) is 3.58. The average molecular weight is 291 g/mol. The molecule has 0 radical (unpaired) electrons. The molecule has 0 unspecified atom stereocenters. The summed E-state index contributed by atoms with van der Waals surface area (Å²) in [5.41, 5.74) is 7.55. The fraction of sp³-hybridized carbons (Fsp3) is 0. The molecule has 0 aliphatic rings. The van der Waals surface area contributed by atoms with Crippen LogP contribution in [0, 0.1) is 11.6 Å². The predicted molar refractivity (Wildman–Crippen MR) is 73.2 cm³/mol. The minimum absolute atomic E-state index is 0.202. The minimum atomic E-state index is -0.771. The van der Waals surface area contributed by atoms with Gasteiger partial charge in [-0.15, -0.1) is 0 Å². The number of benzene rings is 2. The number of hydrogen-bond donors (Lipinski definition) is 2. The van der Waals surface area contributed by atoms with E-state index >= 15 is 0 Å². The van der Waals surface area contributed by atoms with Crippen LogP contribution in [0.1, 0.15) is 5.56 Å². The molecule has 3 N–H and O–H groups in total. The van der Waals surface area contributed by atoms with Crippen molar-refractivity contribution in [2.24, 2.45) is 10.8 Å². The quantitative estimate of drug-likeness (QED) is 0.671. The van der Waals surface area contributed by atoms with Gasteiger partial charge in [0.2, 0.25) is 0 Å². The molecule has 108 valence electrons. The lowest BCUT2D eigenvalue weighted by atomic mass is 10.2. The third-order valence-electron chi connectivity index (χ3n) is 2.39. The molecule has 0 atom stereocenters. The van der Waals surface area contributed by atoms with E-state index in [1.54, 1.807) is 24.3 Å². The Balaban J connectivity index is 2.07. The van der Waals surface area contributed by atoms with E-state index in [2.05, 4.69) is 5.10 Å². The van der Waals surface area contributed by atoms with Crippen molar-refractivity contribution in [3.05, 3.63) is 59.7 Å². The Morgan fingerprint density at radius 1 is 1.19 bits per heavy atom. The molecule has 0 bridgehead atoms. The molecule has 2 amide bonds. The van der Waals surface area contributed by atoms with Crippen LogP contribution in [0.2, 0.25) is 0 Å². The van der Waals surface area contributed by atoms with Gasteiger partial charge in [0.1, 0.15) is 11.6 Å². The highest BCUT2D eigenvalue weighted by molar-refractivity contribution is 5.81. The summed E-state index contributed by atoms with van der Waals surface area (Å²) in [6.45, 7) is 0. The zero-order chi connectivity index (χ0) is 15.2. The van der Waals surface area contributed by atoms with Crippen molar-refractivity contribution < 1.29 is 18.3 Å². The van der Waals surface area contributed by atoms with Crippen molar-refractivity contribution in [3.63, 3.8) is 0 Å². The van der Waals surface area contributed by atoms with Gasteiger partial charge in [0, 0.05) is 6.07 Å². The summed E-state index contributed by atoms with van der Waals surface area (Å²) < 4.78 is 31.7. The maximum atomic E-state index is 13.4. The zero-order valence-corrected chi connectivity index (χ0v) is 10.7. The molecule has 0 saturated carbocycles. The standard InChI is InChI=1S/C14H11F2N3O2/c15-10-3-6-12(16)13(7-10)21-11-4-1-9(2-5-11)8-18-19-14(17)20/h1-8H,(H3,17,19,20)/b18-8+. The van der Waals surface area contributed by atoms with Crippen molar-refractivity contribution in [1.29, 1.82) is 0 Å². The zero-order valence-electron chi connectivity index (χ0n) is 10.7. The molecule has 0 fully saturated rings. The van der Waals surface area contributed by atoms with Gasteiger partial charge in [-0.25, -0.2) is 19.0 Å². The lowest BCUT2D eigenvalue weighted by molar-refractivity contribution is 0.249. The van der Waals surface area contributed by atoms with Gasteiger partial charge >= 0.3 is 6.03 Å². The first-order valence-electron chi connectivity index (χ1n) is 5.86. The van der Waals surface area contributed by atoms with E-state index in [1.165, 1.54) is 6.21 Å². The van der Waals surface area contributed by atoms with Gasteiger partial charge in [0.15, 0.2) is 11.6 Å². The van der Waals surface area contributed by atoms with Crippen LogP contribution in [-0.2, 0) is 0 Å². The Morgan fingerprint density at radius 2 is 1.90 bits per heavy atom. The average Bonchev–Trinajstić information content (AvgIpc) is 2.44. The number of hydrogen-bond acceptors (Lipinski definition) is 3. The summed E-state index contributed by atoms with van der Waals surface area (Å²) >= 11 is 0. The minimum Gasteiger partial charge on any atom is -0.454 e. The fourth-order valence-electron chi connectivity index (χ4n) is 1.47. The first-order valence-corrected chi connectivity index (χ1v) is 5.86. The topological polar surface area (TPSA) is 76.7 Å². The number of nitrogens with two attached hydrogens (primary N) is 1. The van der Waals surface area contributed by atoms with Gasteiger partial charge < -0.3 is 10.5 Å². The Morgan fingerprint density at radius 3 is 2.57 bits per heavy atom. The van der Waals surface area contributed by atoms with E-state index in [0.29, 0.717) is 11.3 Å². The number of amides is 2. The van der Waals surface area contributed by atoms with E-state index < -0.39 is 17.7 Å². The van der Waals surface area contributed by atoms with E-state index in [1.807, 2.05) is 5.43 Å². The van der Waals surface area contributed by atoms with Crippen LogP contribution < -0.4 is 15.9 Å². The van der Waals surface area contributed by atoms with Crippen LogP contribution in [-0.4, -0.2) is 12.2 Å². The molecule has 2 aromatic carbocycles. The summed E-state index contributed by atoms with van der Waals surface area (Å²) in [6.07, 6.45) is 1.37. The number of rotatable bonds is 4. The van der Waals surface area contributed by atoms with Crippen molar-refractivity contribution in [2.75, 3.05) is 0 Å². The van der Waals surface area contributed by atoms with Gasteiger partial charge in [-0.2, -0.15) is 5.10 Å². The second-order valence-electron chi connectivity index (χ2n) is 3.98. The SMILES string of the molecule is NC(=O)N/N=C/c1ccc(Oc2cc(F)ccc2F)cc1. The molecule has 0 saturated heterocycles. The van der Waals surface area contributed by atoms with E-state index in [9.17, 15) is 13.6 Å². The third kappa shape index (κ3) is 4.27. The number of carbonyl (C=O) groups excluding carboxylic acids is 1. The maximum absolute atomic E-state index is 13.4. The molecular formula is C14H11F2N3O2. The lowest BCUT2D eigenvalue weighted by Crippen LogP contribution is -2.24. The predicted octanol–water partition coefficient (Wildman–Crippen LogP) is 2.76. The number of nitrogens with one attached hydrogen (secondary N) is 1. The molecule has 2 rings (SSSR count). The third-order valence-corrected chi connectivity index (χ3v) is 2.39. The van der Waals surface area contributed by atoms with Crippen molar-refractivity contribution in [1.82, 2.24) is 5.43 Å². The largest absolute Gasteiger partial charge is 0.454 e. The molecule has 2 aromatic rings. The maximum Gasteiger partial charge on any atom is 0.332 e. The fourth-order valence-corrected chi connectivity index (χ4v) is 1.47. The summed E-state index contributed by atoms with van der Waals surface area (Å²) in [4.78, 5) is 10.4. The van der Waals surface area contributed by atoms with Gasteiger partial charge in [-0.3, -0.25) is 0 Å². The van der Waals surface area contributed by atoms with Crippen LogP contribution in [0.15, 0.2) is 47.6 Å². The Hall–Kier alpha value is -2.96. The Kier molecular flexibility index (Phi) is 4.45. The molecule has 7 heteroatoms. The number of hydrazone groups is 1. The molecule has 0 aliphatic heterocycles. The van der Waals surface area contributed by atoms with E-state index in [4.69, 9.17) is 10.5 Å². The number of halogens is 2. The highest BCUT2D eigenvalue weighted by Crippen LogP contribution is 2.25. The van der Waals surface area contributed by atoms with Gasteiger partial charge in [0.25, 0.3) is 0 Å². The molecule has 0 heterocycles. The molecule has 0 spiro atoms. The van der Waals surface area contributed by atoms with Crippen LogP contribution in [0.3, 0.4) is 0 Å². The number of primary amides is 1. The second kappa shape index (κ2) is 6.47. The van der Waals surface area contributed by atoms with Crippen molar-refractivity contribution in [3.8, 4) is 11.5 Å². The lowest BCUT2D eigenvalue weighted by Gasteiger charge is -2.06. The number of ether oxygens (including phenoxy) is 1. The molecule has 0 aromatic heterocycles. The van der Waals surface area contributed by atoms with Crippen LogP contribution in [0.4, 0.5) is 13.6 Å². The van der Waals surface area contributed by atoms with Crippen LogP contribution in [0.25, 0.3) is 0 Å². The first-order chi connectivity index (χ1) is 10.0. The van der Waals surface area contributed by atoms with E-state index in [-0.39, 0.29) is 5.75 Å². The highest BCUT2D eigenvalue weighted by Gasteiger charge is 2.06. The number of urea groups is 1. The highest BCUT2D eigenvalue weighted by atomic mass is 19.1. The monoisotopic (exact) mass is 291 g/mol. The van der Waals surface area contributed by atoms with Gasteiger partial charge in [-0.05, 0) is 42.0 Å². The second-order valence-corrected chi connectivity index (χ2v) is 3.98. The van der Waals surface area contributed by atoms with E-state index in [0.717, 1.165) is 18.2 Å². The van der Waals surface area contributed by atoms with Crippen LogP contribution in [0.5, 0.6) is 11.5 Å². The molecule has 5 nitrogen and oxygen atoms in total. The summed E-state index contributed by atoms with van der Waals surface area (Å²) in [5.74, 6) is -1.12. The molecule has 0 aliphatic carbocycles. The molecular weight excluding hydrogens is 280 g/mol. The summed E-state index contributed by atoms with van der Waals surface area (Å²) in [6, 6.07) is 8.53. The Labute approximate surface area is 119 Å².